The molecule has 104 valence electrons. The predicted molar refractivity (Wildman–Crippen MR) is 80.9 cm³/mol. The number of hydrogen-bond acceptors (Lipinski definition) is 3. The minimum absolute atomic E-state index is 0.0480. The van der Waals surface area contributed by atoms with Crippen LogP contribution in [0, 0.1) is 0 Å². The number of benzene rings is 2. The Morgan fingerprint density at radius 2 is 1.95 bits per heavy atom. The Morgan fingerprint density at radius 3 is 2.75 bits per heavy atom. The van der Waals surface area contributed by atoms with Crippen LogP contribution in [0.15, 0.2) is 48.5 Å². The molecule has 2 aromatic carbocycles. The second-order valence-electron chi connectivity index (χ2n) is 4.59. The van der Waals surface area contributed by atoms with E-state index in [1.54, 1.807) is 0 Å². The molecule has 3 nitrogen and oxygen atoms in total. The Hall–Kier alpha value is -1.68. The summed E-state index contributed by atoms with van der Waals surface area (Å²) in [5.41, 5.74) is 1.14. The van der Waals surface area contributed by atoms with Gasteiger partial charge in [-0.3, -0.25) is 0 Å². The van der Waals surface area contributed by atoms with Crippen molar-refractivity contribution in [3.05, 3.63) is 54.1 Å². The van der Waals surface area contributed by atoms with Crippen molar-refractivity contribution in [2.75, 3.05) is 11.9 Å². The summed E-state index contributed by atoms with van der Waals surface area (Å²) in [5.74, 6) is 2.30. The molecule has 0 N–H and O–H groups in total. The van der Waals surface area contributed by atoms with Crippen LogP contribution in [0.25, 0.3) is 0 Å². The SMILES string of the molecule is BrC[C@@H]1COc2ccc(OCc3ccccc3)cc2O1. The molecule has 3 rings (SSSR count). The fourth-order valence-corrected chi connectivity index (χ4v) is 2.32. The second-order valence-corrected chi connectivity index (χ2v) is 5.24. The van der Waals surface area contributed by atoms with Gasteiger partial charge in [-0.25, -0.2) is 0 Å². The molecular weight excluding hydrogens is 320 g/mol. The third kappa shape index (κ3) is 3.07. The van der Waals surface area contributed by atoms with Crippen LogP contribution in [0.1, 0.15) is 5.56 Å². The summed E-state index contributed by atoms with van der Waals surface area (Å²) in [6.45, 7) is 1.12. The first-order chi connectivity index (χ1) is 9.85. The van der Waals surface area contributed by atoms with Crippen molar-refractivity contribution in [1.29, 1.82) is 0 Å². The lowest BCUT2D eigenvalue weighted by molar-refractivity contribution is 0.107. The lowest BCUT2D eigenvalue weighted by atomic mass is 10.2. The average Bonchev–Trinajstić information content (AvgIpc) is 2.53. The van der Waals surface area contributed by atoms with Crippen LogP contribution < -0.4 is 14.2 Å². The summed E-state index contributed by atoms with van der Waals surface area (Å²) in [7, 11) is 0. The van der Waals surface area contributed by atoms with Crippen molar-refractivity contribution in [3.8, 4) is 17.2 Å². The molecule has 0 spiro atoms. The summed E-state index contributed by atoms with van der Waals surface area (Å²) in [4.78, 5) is 0. The van der Waals surface area contributed by atoms with Gasteiger partial charge >= 0.3 is 0 Å². The number of alkyl halides is 1. The van der Waals surface area contributed by atoms with E-state index in [-0.39, 0.29) is 6.10 Å². The predicted octanol–water partition coefficient (Wildman–Crippen LogP) is 3.80. The molecule has 0 amide bonds. The lowest BCUT2D eigenvalue weighted by Gasteiger charge is -2.25. The van der Waals surface area contributed by atoms with Gasteiger partial charge in [-0.2, -0.15) is 0 Å². The molecule has 0 aromatic heterocycles. The molecule has 1 aliphatic heterocycles. The van der Waals surface area contributed by atoms with Gasteiger partial charge in [-0.15, -0.1) is 0 Å². The van der Waals surface area contributed by atoms with Gasteiger partial charge in [0, 0.05) is 11.4 Å². The van der Waals surface area contributed by atoms with Gasteiger partial charge in [0.15, 0.2) is 11.5 Å². The molecule has 0 fully saturated rings. The standard InChI is InChI=1S/C16H15BrO3/c17-9-14-11-19-15-7-6-13(8-16(15)20-14)18-10-12-4-2-1-3-5-12/h1-8,14H,9-11H2/t14-/m1/s1. The monoisotopic (exact) mass is 334 g/mol. The number of fused-ring (bicyclic) bond motifs is 1. The highest BCUT2D eigenvalue weighted by molar-refractivity contribution is 9.09. The summed E-state index contributed by atoms with van der Waals surface area (Å²) in [5, 5.41) is 0.752. The highest BCUT2D eigenvalue weighted by Crippen LogP contribution is 2.35. The third-order valence-corrected chi connectivity index (χ3v) is 3.78. The van der Waals surface area contributed by atoms with Crippen molar-refractivity contribution in [3.63, 3.8) is 0 Å². The van der Waals surface area contributed by atoms with E-state index in [1.807, 2.05) is 48.5 Å². The first-order valence-electron chi connectivity index (χ1n) is 6.51. The van der Waals surface area contributed by atoms with Crippen molar-refractivity contribution in [1.82, 2.24) is 0 Å². The normalized spacial score (nSPS) is 16.8. The number of halogens is 1. The maximum atomic E-state index is 5.82. The molecule has 0 saturated carbocycles. The molecule has 0 bridgehead atoms. The van der Waals surface area contributed by atoms with Crippen LogP contribution in [-0.2, 0) is 6.61 Å². The zero-order valence-corrected chi connectivity index (χ0v) is 12.5. The van der Waals surface area contributed by atoms with Gasteiger partial charge in [0.1, 0.15) is 25.1 Å². The fraction of sp³-hybridized carbons (Fsp3) is 0.250. The van der Waals surface area contributed by atoms with Gasteiger partial charge in [0.2, 0.25) is 0 Å². The van der Waals surface area contributed by atoms with E-state index < -0.39 is 0 Å². The summed E-state index contributed by atoms with van der Waals surface area (Å²) >= 11 is 3.41. The van der Waals surface area contributed by atoms with E-state index >= 15 is 0 Å². The van der Waals surface area contributed by atoms with E-state index in [4.69, 9.17) is 14.2 Å². The Kier molecular flexibility index (Phi) is 4.11. The molecule has 0 aliphatic carbocycles. The van der Waals surface area contributed by atoms with E-state index in [0.29, 0.717) is 13.2 Å². The zero-order valence-electron chi connectivity index (χ0n) is 10.9. The summed E-state index contributed by atoms with van der Waals surface area (Å²) in [6.07, 6.45) is 0.0480. The molecule has 20 heavy (non-hydrogen) atoms. The van der Waals surface area contributed by atoms with Crippen molar-refractivity contribution >= 4 is 15.9 Å². The Labute approximate surface area is 126 Å². The van der Waals surface area contributed by atoms with E-state index in [1.165, 1.54) is 0 Å². The van der Waals surface area contributed by atoms with Gasteiger partial charge in [0.25, 0.3) is 0 Å². The Balaban J connectivity index is 1.69. The highest BCUT2D eigenvalue weighted by Gasteiger charge is 2.20. The maximum Gasteiger partial charge on any atom is 0.165 e. The van der Waals surface area contributed by atoms with Crippen molar-refractivity contribution < 1.29 is 14.2 Å². The highest BCUT2D eigenvalue weighted by atomic mass is 79.9. The lowest BCUT2D eigenvalue weighted by Crippen LogP contribution is -2.30. The minimum atomic E-state index is 0.0480. The van der Waals surface area contributed by atoms with Crippen LogP contribution in [0.5, 0.6) is 17.2 Å². The molecule has 2 aromatic rings. The van der Waals surface area contributed by atoms with Crippen LogP contribution in [0.4, 0.5) is 0 Å². The van der Waals surface area contributed by atoms with Crippen LogP contribution in [-0.4, -0.2) is 18.0 Å². The number of hydrogen-bond donors (Lipinski definition) is 0. The second kappa shape index (κ2) is 6.18. The average molecular weight is 335 g/mol. The quantitative estimate of drug-likeness (QED) is 0.796. The topological polar surface area (TPSA) is 27.7 Å². The molecule has 1 heterocycles. The molecule has 1 aliphatic rings. The zero-order chi connectivity index (χ0) is 13.8. The first kappa shape index (κ1) is 13.3. The van der Waals surface area contributed by atoms with Crippen LogP contribution in [0.2, 0.25) is 0 Å². The maximum absolute atomic E-state index is 5.82. The van der Waals surface area contributed by atoms with Crippen LogP contribution >= 0.6 is 15.9 Å². The van der Waals surface area contributed by atoms with E-state index in [2.05, 4.69) is 15.9 Å². The number of rotatable bonds is 4. The summed E-state index contributed by atoms with van der Waals surface area (Å²) < 4.78 is 17.2. The molecule has 1 atom stereocenters. The number of ether oxygens (including phenoxy) is 3. The molecular formula is C16H15BrO3. The molecule has 0 radical (unpaired) electrons. The molecule has 0 unspecified atom stereocenters. The van der Waals surface area contributed by atoms with Gasteiger partial charge in [-0.1, -0.05) is 46.3 Å². The summed E-state index contributed by atoms with van der Waals surface area (Å²) in [6, 6.07) is 15.8. The molecule has 0 saturated heterocycles. The van der Waals surface area contributed by atoms with E-state index in [9.17, 15) is 0 Å². The Morgan fingerprint density at radius 1 is 1.10 bits per heavy atom. The van der Waals surface area contributed by atoms with Gasteiger partial charge < -0.3 is 14.2 Å². The van der Waals surface area contributed by atoms with Crippen molar-refractivity contribution in [2.45, 2.75) is 12.7 Å². The van der Waals surface area contributed by atoms with Crippen LogP contribution in [0.3, 0.4) is 0 Å². The first-order valence-corrected chi connectivity index (χ1v) is 7.63. The van der Waals surface area contributed by atoms with Gasteiger partial charge in [-0.05, 0) is 17.7 Å². The largest absolute Gasteiger partial charge is 0.489 e. The third-order valence-electron chi connectivity index (χ3n) is 3.05. The smallest absolute Gasteiger partial charge is 0.165 e. The Bertz CT molecular complexity index is 571. The minimum Gasteiger partial charge on any atom is -0.489 e. The molecule has 4 heteroatoms. The fourth-order valence-electron chi connectivity index (χ4n) is 2.00. The van der Waals surface area contributed by atoms with Crippen molar-refractivity contribution in [2.24, 2.45) is 0 Å². The van der Waals surface area contributed by atoms with Gasteiger partial charge in [0.05, 0.1) is 0 Å². The van der Waals surface area contributed by atoms with E-state index in [0.717, 1.165) is 28.1 Å².